The van der Waals surface area contributed by atoms with Crippen LogP contribution in [0.4, 0.5) is 4.39 Å². The summed E-state index contributed by atoms with van der Waals surface area (Å²) in [5, 5.41) is 4.13. The van der Waals surface area contributed by atoms with Crippen molar-refractivity contribution in [3.8, 4) is 11.4 Å². The summed E-state index contributed by atoms with van der Waals surface area (Å²) in [5.74, 6) is -0.204. The maximum atomic E-state index is 13.1. The standard InChI is InChI=1S/C23H26FN3O4/c1-6-30-21(28)23(4,5)31-20-15(2)11-17(12-16(20)3)13-26-14-25-27(22(26)29)19-9-7-18(24)8-10-19/h7-12,14H,6,13H2,1-5H3. The van der Waals surface area contributed by atoms with Gasteiger partial charge in [0, 0.05) is 0 Å². The molecule has 31 heavy (non-hydrogen) atoms. The van der Waals surface area contributed by atoms with E-state index in [9.17, 15) is 14.0 Å². The number of hydrogen-bond acceptors (Lipinski definition) is 5. The first-order valence-corrected chi connectivity index (χ1v) is 9.99. The average Bonchev–Trinajstić information content (AvgIpc) is 3.06. The van der Waals surface area contributed by atoms with Crippen LogP contribution in [0, 0.1) is 19.7 Å². The van der Waals surface area contributed by atoms with Crippen molar-refractivity contribution in [2.24, 2.45) is 0 Å². The molecule has 0 radical (unpaired) electrons. The van der Waals surface area contributed by atoms with Crippen molar-refractivity contribution in [2.45, 2.75) is 46.8 Å². The monoisotopic (exact) mass is 427 g/mol. The quantitative estimate of drug-likeness (QED) is 0.539. The van der Waals surface area contributed by atoms with Crippen LogP contribution in [0.15, 0.2) is 47.5 Å². The number of carbonyl (C=O) groups is 1. The van der Waals surface area contributed by atoms with Gasteiger partial charge in [-0.3, -0.25) is 4.57 Å². The zero-order valence-electron chi connectivity index (χ0n) is 18.3. The Morgan fingerprint density at radius 3 is 2.32 bits per heavy atom. The van der Waals surface area contributed by atoms with Crippen LogP contribution in [0.2, 0.25) is 0 Å². The first kappa shape index (κ1) is 22.3. The zero-order valence-corrected chi connectivity index (χ0v) is 18.3. The molecule has 0 N–H and O–H groups in total. The van der Waals surface area contributed by atoms with E-state index in [0.717, 1.165) is 16.7 Å². The molecule has 0 saturated heterocycles. The first-order chi connectivity index (χ1) is 14.6. The second-order valence-corrected chi connectivity index (χ2v) is 7.82. The van der Waals surface area contributed by atoms with Crippen molar-refractivity contribution in [1.82, 2.24) is 14.3 Å². The van der Waals surface area contributed by atoms with Gasteiger partial charge in [0.05, 0.1) is 18.8 Å². The molecular weight excluding hydrogens is 401 g/mol. The molecule has 3 rings (SSSR count). The van der Waals surface area contributed by atoms with E-state index in [1.807, 2.05) is 26.0 Å². The van der Waals surface area contributed by atoms with Gasteiger partial charge in [0.25, 0.3) is 0 Å². The molecule has 1 aromatic heterocycles. The predicted molar refractivity (Wildman–Crippen MR) is 114 cm³/mol. The average molecular weight is 427 g/mol. The Morgan fingerprint density at radius 1 is 1.13 bits per heavy atom. The lowest BCUT2D eigenvalue weighted by Crippen LogP contribution is -2.40. The SMILES string of the molecule is CCOC(=O)C(C)(C)Oc1c(C)cc(Cn2cnn(-c3ccc(F)cc3)c2=O)cc1C. The predicted octanol–water partition coefficient (Wildman–Crippen LogP) is 3.56. The highest BCUT2D eigenvalue weighted by atomic mass is 19.1. The number of esters is 1. The lowest BCUT2D eigenvalue weighted by molar-refractivity contribution is -0.158. The van der Waals surface area contributed by atoms with Gasteiger partial charge in [-0.15, -0.1) is 0 Å². The molecule has 0 spiro atoms. The summed E-state index contributed by atoms with van der Waals surface area (Å²) < 4.78 is 26.9. The van der Waals surface area contributed by atoms with Gasteiger partial charge in [-0.1, -0.05) is 12.1 Å². The van der Waals surface area contributed by atoms with Gasteiger partial charge in [0.15, 0.2) is 5.60 Å². The Balaban J connectivity index is 1.84. The largest absolute Gasteiger partial charge is 0.476 e. The smallest absolute Gasteiger partial charge is 0.350 e. The normalized spacial score (nSPS) is 11.4. The molecule has 0 aliphatic carbocycles. The Morgan fingerprint density at radius 2 is 1.74 bits per heavy atom. The zero-order chi connectivity index (χ0) is 22.8. The van der Waals surface area contributed by atoms with Gasteiger partial charge in [-0.25, -0.2) is 14.0 Å². The molecule has 0 saturated carbocycles. The van der Waals surface area contributed by atoms with Crippen molar-refractivity contribution in [3.05, 3.63) is 75.7 Å². The molecule has 2 aromatic carbocycles. The third-order valence-corrected chi connectivity index (χ3v) is 4.80. The number of hydrogen-bond donors (Lipinski definition) is 0. The summed E-state index contributed by atoms with van der Waals surface area (Å²) in [6.07, 6.45) is 1.45. The van der Waals surface area contributed by atoms with Gasteiger partial charge in [-0.05, 0) is 75.6 Å². The number of aromatic nitrogens is 3. The number of ether oxygens (including phenoxy) is 2. The maximum absolute atomic E-state index is 13.1. The fourth-order valence-electron chi connectivity index (χ4n) is 3.29. The molecule has 0 aliphatic rings. The van der Waals surface area contributed by atoms with Crippen LogP contribution in [-0.2, 0) is 16.1 Å². The molecule has 8 heteroatoms. The van der Waals surface area contributed by atoms with Crippen LogP contribution in [0.3, 0.4) is 0 Å². The van der Waals surface area contributed by atoms with Crippen molar-refractivity contribution in [3.63, 3.8) is 0 Å². The fourth-order valence-corrected chi connectivity index (χ4v) is 3.29. The number of halogens is 1. The first-order valence-electron chi connectivity index (χ1n) is 9.99. The highest BCUT2D eigenvalue weighted by molar-refractivity contribution is 5.79. The van der Waals surface area contributed by atoms with Crippen molar-refractivity contribution in [1.29, 1.82) is 0 Å². The molecule has 0 unspecified atom stereocenters. The van der Waals surface area contributed by atoms with E-state index < -0.39 is 11.6 Å². The third-order valence-electron chi connectivity index (χ3n) is 4.80. The van der Waals surface area contributed by atoms with Crippen LogP contribution in [-0.4, -0.2) is 32.5 Å². The maximum Gasteiger partial charge on any atom is 0.350 e. The van der Waals surface area contributed by atoms with Gasteiger partial charge in [0.1, 0.15) is 17.9 Å². The van der Waals surface area contributed by atoms with E-state index in [0.29, 0.717) is 18.0 Å². The third kappa shape index (κ3) is 4.84. The number of nitrogens with zero attached hydrogens (tertiary/aromatic N) is 3. The van der Waals surface area contributed by atoms with E-state index in [-0.39, 0.29) is 18.1 Å². The van der Waals surface area contributed by atoms with Gasteiger partial charge in [0.2, 0.25) is 0 Å². The highest BCUT2D eigenvalue weighted by Crippen LogP contribution is 2.29. The van der Waals surface area contributed by atoms with E-state index >= 15 is 0 Å². The summed E-state index contributed by atoms with van der Waals surface area (Å²) in [7, 11) is 0. The Kier molecular flexibility index (Phi) is 6.29. The van der Waals surface area contributed by atoms with Crippen LogP contribution >= 0.6 is 0 Å². The number of aryl methyl sites for hydroxylation is 2. The molecule has 0 aliphatic heterocycles. The second kappa shape index (κ2) is 8.75. The second-order valence-electron chi connectivity index (χ2n) is 7.82. The summed E-state index contributed by atoms with van der Waals surface area (Å²) in [6.45, 7) is 9.45. The van der Waals surface area contributed by atoms with E-state index in [1.54, 1.807) is 20.8 Å². The van der Waals surface area contributed by atoms with Gasteiger partial charge >= 0.3 is 11.7 Å². The molecule has 1 heterocycles. The molecule has 3 aromatic rings. The van der Waals surface area contributed by atoms with Crippen molar-refractivity contribution < 1.29 is 18.7 Å². The summed E-state index contributed by atoms with van der Waals surface area (Å²) in [5.41, 5.74) is 1.60. The minimum Gasteiger partial charge on any atom is -0.476 e. The van der Waals surface area contributed by atoms with Crippen LogP contribution in [0.5, 0.6) is 5.75 Å². The Hall–Kier alpha value is -3.42. The molecule has 7 nitrogen and oxygen atoms in total. The van der Waals surface area contributed by atoms with Crippen LogP contribution < -0.4 is 10.4 Å². The summed E-state index contributed by atoms with van der Waals surface area (Å²) >= 11 is 0. The Bertz CT molecular complexity index is 1120. The molecule has 0 fully saturated rings. The number of benzene rings is 2. The highest BCUT2D eigenvalue weighted by Gasteiger charge is 2.32. The lowest BCUT2D eigenvalue weighted by Gasteiger charge is -2.26. The van der Waals surface area contributed by atoms with Crippen molar-refractivity contribution >= 4 is 5.97 Å². The minimum absolute atomic E-state index is 0.281. The molecule has 0 bridgehead atoms. The van der Waals surface area contributed by atoms with Crippen LogP contribution in [0.25, 0.3) is 5.69 Å². The molecule has 0 atom stereocenters. The van der Waals surface area contributed by atoms with E-state index in [2.05, 4.69) is 5.10 Å². The molecule has 0 amide bonds. The number of carbonyl (C=O) groups excluding carboxylic acids is 1. The van der Waals surface area contributed by atoms with E-state index in [1.165, 1.54) is 39.8 Å². The minimum atomic E-state index is -1.12. The van der Waals surface area contributed by atoms with Crippen molar-refractivity contribution in [2.75, 3.05) is 6.61 Å². The summed E-state index contributed by atoms with van der Waals surface area (Å²) in [6, 6.07) is 9.38. The molecular formula is C23H26FN3O4. The van der Waals surface area contributed by atoms with Gasteiger partial charge < -0.3 is 9.47 Å². The Labute approximate surface area is 180 Å². The number of rotatable bonds is 7. The topological polar surface area (TPSA) is 75.3 Å². The molecule has 164 valence electrons. The lowest BCUT2D eigenvalue weighted by atomic mass is 10.0. The van der Waals surface area contributed by atoms with Gasteiger partial charge in [-0.2, -0.15) is 9.78 Å². The fraction of sp³-hybridized carbons (Fsp3) is 0.348. The van der Waals surface area contributed by atoms with Crippen LogP contribution in [0.1, 0.15) is 37.5 Å². The van der Waals surface area contributed by atoms with E-state index in [4.69, 9.17) is 9.47 Å². The summed E-state index contributed by atoms with van der Waals surface area (Å²) in [4.78, 5) is 24.9.